The van der Waals surface area contributed by atoms with Crippen LogP contribution >= 0.6 is 0 Å². The van der Waals surface area contributed by atoms with Crippen LogP contribution in [0.1, 0.15) is 54.6 Å². The molecule has 1 aromatic rings. The Balaban J connectivity index is 2.10. The van der Waals surface area contributed by atoms with Crippen molar-refractivity contribution in [1.29, 1.82) is 0 Å². The van der Waals surface area contributed by atoms with Gasteiger partial charge in [0.2, 0.25) is 0 Å². The summed E-state index contributed by atoms with van der Waals surface area (Å²) >= 11 is 0. The molecule has 2 atom stereocenters. The number of anilines is 1. The minimum Gasteiger partial charge on any atom is -0.398 e. The Morgan fingerprint density at radius 3 is 2.30 bits per heavy atom. The zero-order valence-electron chi connectivity index (χ0n) is 13.0. The summed E-state index contributed by atoms with van der Waals surface area (Å²) in [5, 5.41) is 3.19. The van der Waals surface area contributed by atoms with Crippen molar-refractivity contribution in [3.05, 3.63) is 28.8 Å². The smallest absolute Gasteiger partial charge is 0.251 e. The third kappa shape index (κ3) is 3.33. The van der Waals surface area contributed by atoms with Gasteiger partial charge in [-0.15, -0.1) is 0 Å². The summed E-state index contributed by atoms with van der Waals surface area (Å²) in [6.45, 7) is 8.47. The summed E-state index contributed by atoms with van der Waals surface area (Å²) in [7, 11) is 0. The number of aryl methyl sites for hydroxylation is 2. The third-order valence-electron chi connectivity index (χ3n) is 4.37. The third-order valence-corrected chi connectivity index (χ3v) is 4.37. The number of rotatable bonds is 2. The Morgan fingerprint density at radius 2 is 1.70 bits per heavy atom. The molecule has 3 heteroatoms. The van der Waals surface area contributed by atoms with Gasteiger partial charge in [-0.25, -0.2) is 0 Å². The number of hydrogen-bond donors (Lipinski definition) is 2. The number of nitrogens with two attached hydrogens (primary N) is 1. The van der Waals surface area contributed by atoms with Gasteiger partial charge in [-0.3, -0.25) is 4.79 Å². The van der Waals surface area contributed by atoms with Gasteiger partial charge >= 0.3 is 0 Å². The first-order valence-corrected chi connectivity index (χ1v) is 7.54. The maximum absolute atomic E-state index is 12.4. The summed E-state index contributed by atoms with van der Waals surface area (Å²) in [4.78, 5) is 12.4. The predicted octanol–water partition coefficient (Wildman–Crippen LogP) is 3.44. The fourth-order valence-electron chi connectivity index (χ4n) is 3.44. The first-order chi connectivity index (χ1) is 9.36. The van der Waals surface area contributed by atoms with Crippen molar-refractivity contribution in [1.82, 2.24) is 5.32 Å². The van der Waals surface area contributed by atoms with Gasteiger partial charge in [0, 0.05) is 17.3 Å². The molecule has 3 nitrogen and oxygen atoms in total. The average Bonchev–Trinajstić information content (AvgIpc) is 2.32. The first kappa shape index (κ1) is 14.9. The fourth-order valence-corrected chi connectivity index (χ4v) is 3.44. The lowest BCUT2D eigenvalue weighted by Gasteiger charge is -2.32. The first-order valence-electron chi connectivity index (χ1n) is 7.54. The highest BCUT2D eigenvalue weighted by molar-refractivity contribution is 5.96. The average molecular weight is 274 g/mol. The molecule has 0 heterocycles. The van der Waals surface area contributed by atoms with Crippen molar-refractivity contribution in [2.75, 3.05) is 5.73 Å². The lowest BCUT2D eigenvalue weighted by molar-refractivity contribution is 0.0910. The molecule has 1 aliphatic rings. The molecule has 0 bridgehead atoms. The molecule has 110 valence electrons. The standard InChI is InChI=1S/C17H26N2O/c1-10-5-11(2)7-14(6-10)19-17(20)15-9-16(18)13(4)8-12(15)3/h8-11,14H,5-7,18H2,1-4H3,(H,19,20). The second-order valence-corrected chi connectivity index (χ2v) is 6.61. The molecule has 0 radical (unpaired) electrons. The second-order valence-electron chi connectivity index (χ2n) is 6.61. The van der Waals surface area contributed by atoms with Crippen molar-refractivity contribution in [3.8, 4) is 0 Å². The Kier molecular flexibility index (Phi) is 4.36. The van der Waals surface area contributed by atoms with Crippen LogP contribution in [0, 0.1) is 25.7 Å². The number of hydrogen-bond acceptors (Lipinski definition) is 2. The van der Waals surface area contributed by atoms with Crippen molar-refractivity contribution >= 4 is 11.6 Å². The van der Waals surface area contributed by atoms with Crippen LogP contribution in [0.2, 0.25) is 0 Å². The number of carbonyl (C=O) groups is 1. The molecule has 1 saturated carbocycles. The molecule has 20 heavy (non-hydrogen) atoms. The summed E-state index contributed by atoms with van der Waals surface area (Å²) in [5.74, 6) is 1.39. The zero-order chi connectivity index (χ0) is 14.9. The van der Waals surface area contributed by atoms with Gasteiger partial charge in [0.1, 0.15) is 0 Å². The lowest BCUT2D eigenvalue weighted by atomic mass is 9.80. The van der Waals surface area contributed by atoms with Crippen LogP contribution < -0.4 is 11.1 Å². The van der Waals surface area contributed by atoms with E-state index in [0.29, 0.717) is 29.1 Å². The van der Waals surface area contributed by atoms with Gasteiger partial charge in [-0.2, -0.15) is 0 Å². The van der Waals surface area contributed by atoms with E-state index in [0.717, 1.165) is 24.0 Å². The molecule has 1 amide bonds. The molecule has 2 unspecified atom stereocenters. The van der Waals surface area contributed by atoms with Crippen molar-refractivity contribution in [2.45, 2.75) is 53.0 Å². The van der Waals surface area contributed by atoms with Gasteiger partial charge in [-0.05, 0) is 62.1 Å². The molecule has 3 N–H and O–H groups in total. The van der Waals surface area contributed by atoms with Gasteiger partial charge in [0.25, 0.3) is 5.91 Å². The van der Waals surface area contributed by atoms with Crippen LogP contribution in [0.4, 0.5) is 5.69 Å². The van der Waals surface area contributed by atoms with Gasteiger partial charge < -0.3 is 11.1 Å². The molecule has 0 aliphatic heterocycles. The van der Waals surface area contributed by atoms with Crippen LogP contribution in [0.5, 0.6) is 0 Å². The lowest BCUT2D eigenvalue weighted by Crippen LogP contribution is -2.40. The normalized spacial score (nSPS) is 26.3. The molecular formula is C17H26N2O. The predicted molar refractivity (Wildman–Crippen MR) is 83.8 cm³/mol. The molecule has 1 aromatic carbocycles. The van der Waals surface area contributed by atoms with Crippen molar-refractivity contribution in [2.24, 2.45) is 11.8 Å². The van der Waals surface area contributed by atoms with E-state index in [1.807, 2.05) is 19.9 Å². The topological polar surface area (TPSA) is 55.1 Å². The SMILES string of the molecule is Cc1cc(C)c(C(=O)NC2CC(C)CC(C)C2)cc1N. The van der Waals surface area contributed by atoms with Crippen LogP contribution in [-0.2, 0) is 0 Å². The highest BCUT2D eigenvalue weighted by Gasteiger charge is 2.25. The van der Waals surface area contributed by atoms with Crippen LogP contribution in [0.25, 0.3) is 0 Å². The maximum Gasteiger partial charge on any atom is 0.251 e. The summed E-state index contributed by atoms with van der Waals surface area (Å²) in [6, 6.07) is 4.08. The number of carbonyl (C=O) groups excluding carboxylic acids is 1. The molecule has 1 fully saturated rings. The van der Waals surface area contributed by atoms with E-state index in [1.54, 1.807) is 6.07 Å². The molecule has 0 aromatic heterocycles. The molecule has 0 saturated heterocycles. The quantitative estimate of drug-likeness (QED) is 0.812. The highest BCUT2D eigenvalue weighted by atomic mass is 16.1. The van der Waals surface area contributed by atoms with Gasteiger partial charge in [-0.1, -0.05) is 19.9 Å². The number of amides is 1. The summed E-state index contributed by atoms with van der Waals surface area (Å²) in [6.07, 6.45) is 3.43. The second kappa shape index (κ2) is 5.86. The monoisotopic (exact) mass is 274 g/mol. The van der Waals surface area contributed by atoms with Crippen molar-refractivity contribution in [3.63, 3.8) is 0 Å². The van der Waals surface area contributed by atoms with Gasteiger partial charge in [0.15, 0.2) is 0 Å². The number of benzene rings is 1. The van der Waals surface area contributed by atoms with E-state index in [2.05, 4.69) is 19.2 Å². The molecular weight excluding hydrogens is 248 g/mol. The van der Waals surface area contributed by atoms with E-state index in [9.17, 15) is 4.79 Å². The number of nitrogens with one attached hydrogen (secondary N) is 1. The van der Waals surface area contributed by atoms with Crippen LogP contribution in [0.3, 0.4) is 0 Å². The fraction of sp³-hybridized carbons (Fsp3) is 0.588. The molecule has 1 aliphatic carbocycles. The summed E-state index contributed by atoms with van der Waals surface area (Å²) in [5.41, 5.74) is 9.34. The van der Waals surface area contributed by atoms with E-state index in [1.165, 1.54) is 6.42 Å². The van der Waals surface area contributed by atoms with E-state index in [4.69, 9.17) is 5.73 Å². The Morgan fingerprint density at radius 1 is 1.10 bits per heavy atom. The van der Waals surface area contributed by atoms with E-state index >= 15 is 0 Å². The van der Waals surface area contributed by atoms with Crippen LogP contribution in [0.15, 0.2) is 12.1 Å². The Hall–Kier alpha value is -1.51. The maximum atomic E-state index is 12.4. The van der Waals surface area contributed by atoms with Crippen molar-refractivity contribution < 1.29 is 4.79 Å². The van der Waals surface area contributed by atoms with E-state index < -0.39 is 0 Å². The Labute approximate surface area is 121 Å². The largest absolute Gasteiger partial charge is 0.398 e. The molecule has 0 spiro atoms. The number of nitrogen functional groups attached to an aromatic ring is 1. The highest BCUT2D eigenvalue weighted by Crippen LogP contribution is 2.29. The van der Waals surface area contributed by atoms with E-state index in [-0.39, 0.29) is 5.91 Å². The minimum absolute atomic E-state index is 0.0144. The Bertz CT molecular complexity index is 500. The van der Waals surface area contributed by atoms with Crippen LogP contribution in [-0.4, -0.2) is 11.9 Å². The van der Waals surface area contributed by atoms with Gasteiger partial charge in [0.05, 0.1) is 0 Å². The summed E-state index contributed by atoms with van der Waals surface area (Å²) < 4.78 is 0. The minimum atomic E-state index is 0.0144. The molecule has 2 rings (SSSR count). The zero-order valence-corrected chi connectivity index (χ0v) is 13.0.